The van der Waals surface area contributed by atoms with Crippen LogP contribution in [0.25, 0.3) is 0 Å². The molecule has 2 bridgehead atoms. The van der Waals surface area contributed by atoms with Crippen molar-refractivity contribution in [3.63, 3.8) is 0 Å². The second-order valence-electron chi connectivity index (χ2n) is 6.84. The fourth-order valence-electron chi connectivity index (χ4n) is 3.91. The Kier molecular flexibility index (Phi) is 5.54. The van der Waals surface area contributed by atoms with Gasteiger partial charge in [-0.05, 0) is 25.7 Å². The summed E-state index contributed by atoms with van der Waals surface area (Å²) in [5.41, 5.74) is 0. The zero-order chi connectivity index (χ0) is 17.1. The molecule has 0 aromatic carbocycles. The monoisotopic (exact) mass is 334 g/mol. The first-order valence-corrected chi connectivity index (χ1v) is 8.77. The number of hydrogen-bond donors (Lipinski definition) is 2. The molecular formula is C19H26O5. The molecule has 3 aliphatic rings. The summed E-state index contributed by atoms with van der Waals surface area (Å²) in [5.74, 6) is -0.117. The molecule has 24 heavy (non-hydrogen) atoms. The summed E-state index contributed by atoms with van der Waals surface area (Å²) in [5, 5.41) is 18.5. The lowest BCUT2D eigenvalue weighted by molar-refractivity contribution is -0.137. The molecule has 0 spiro atoms. The number of carboxylic acid groups (broad SMARTS) is 1. The molecule has 3 saturated heterocycles. The van der Waals surface area contributed by atoms with Crippen LogP contribution in [-0.2, 0) is 14.3 Å². The standard InChI is InChI=1S/C19H26O5/c1-2-7-12(20)10-11-14-13(8-5-3-4-6-9-15(21)22)16-18-19(24-18)17(14)23-16/h2-3,5,10-14,16-20H,1,4,6-9H2,(H,21,22)/b5-3-,11-10+/t12?,13-,14+,16+,17-,18-,19+/m0/s1. The van der Waals surface area contributed by atoms with Gasteiger partial charge < -0.3 is 19.7 Å². The van der Waals surface area contributed by atoms with E-state index in [9.17, 15) is 9.90 Å². The fourth-order valence-corrected chi connectivity index (χ4v) is 3.91. The predicted octanol–water partition coefficient (Wildman–Crippen LogP) is 2.46. The molecule has 0 amide bonds. The van der Waals surface area contributed by atoms with Crippen LogP contribution in [0, 0.1) is 11.8 Å². The second-order valence-corrected chi connectivity index (χ2v) is 6.84. The zero-order valence-corrected chi connectivity index (χ0v) is 13.8. The molecule has 1 unspecified atom stereocenters. The molecule has 3 heterocycles. The minimum Gasteiger partial charge on any atom is -0.481 e. The van der Waals surface area contributed by atoms with Crippen molar-refractivity contribution in [1.82, 2.24) is 0 Å². The number of aliphatic hydroxyl groups is 1. The Morgan fingerprint density at radius 2 is 1.92 bits per heavy atom. The van der Waals surface area contributed by atoms with Gasteiger partial charge in [-0.2, -0.15) is 0 Å². The molecule has 0 radical (unpaired) electrons. The van der Waals surface area contributed by atoms with Crippen molar-refractivity contribution >= 4 is 5.97 Å². The highest BCUT2D eigenvalue weighted by atomic mass is 16.7. The Bertz CT molecular complexity index is 526. The summed E-state index contributed by atoms with van der Waals surface area (Å²) < 4.78 is 11.8. The maximum Gasteiger partial charge on any atom is 0.303 e. The van der Waals surface area contributed by atoms with E-state index < -0.39 is 12.1 Å². The smallest absolute Gasteiger partial charge is 0.303 e. The third kappa shape index (κ3) is 3.79. The molecular weight excluding hydrogens is 308 g/mol. The molecule has 3 fully saturated rings. The van der Waals surface area contributed by atoms with E-state index in [2.05, 4.69) is 24.8 Å². The average molecular weight is 334 g/mol. The van der Waals surface area contributed by atoms with Crippen LogP contribution in [0.2, 0.25) is 0 Å². The van der Waals surface area contributed by atoms with Gasteiger partial charge >= 0.3 is 5.97 Å². The summed E-state index contributed by atoms with van der Waals surface area (Å²) in [6, 6.07) is 0. The minimum absolute atomic E-state index is 0.109. The van der Waals surface area contributed by atoms with Gasteiger partial charge in [0, 0.05) is 18.3 Å². The number of allylic oxidation sites excluding steroid dienone is 2. The SMILES string of the molecule is C=CCC(O)/C=C/[C@@H]1[C@H](C/C=C\CCCC(=O)O)[C@H]2O[C@@H]1[C@H]1O[C@H]12. The lowest BCUT2D eigenvalue weighted by Crippen LogP contribution is -2.31. The van der Waals surface area contributed by atoms with E-state index in [0.29, 0.717) is 18.8 Å². The molecule has 3 aliphatic heterocycles. The van der Waals surface area contributed by atoms with Gasteiger partial charge in [0.1, 0.15) is 12.2 Å². The highest BCUT2D eigenvalue weighted by Crippen LogP contribution is 2.55. The van der Waals surface area contributed by atoms with Crippen LogP contribution in [0.1, 0.15) is 32.1 Å². The first-order chi connectivity index (χ1) is 11.6. The van der Waals surface area contributed by atoms with Gasteiger partial charge in [-0.25, -0.2) is 0 Å². The lowest BCUT2D eigenvalue weighted by atomic mass is 9.77. The number of ether oxygens (including phenoxy) is 2. The number of rotatable bonds is 10. The van der Waals surface area contributed by atoms with Crippen LogP contribution in [0.15, 0.2) is 37.0 Å². The summed E-state index contributed by atoms with van der Waals surface area (Å²) in [6.07, 6.45) is 13.2. The molecule has 0 saturated carbocycles. The molecule has 3 rings (SSSR count). The van der Waals surface area contributed by atoms with Crippen LogP contribution in [0.4, 0.5) is 0 Å². The molecule has 7 atom stereocenters. The van der Waals surface area contributed by atoms with E-state index in [1.54, 1.807) is 6.08 Å². The Hall–Kier alpha value is -1.43. The van der Waals surface area contributed by atoms with Crippen molar-refractivity contribution in [2.45, 2.75) is 62.6 Å². The van der Waals surface area contributed by atoms with Crippen LogP contribution >= 0.6 is 0 Å². The van der Waals surface area contributed by atoms with Gasteiger partial charge in [0.15, 0.2) is 0 Å². The van der Waals surface area contributed by atoms with Gasteiger partial charge in [-0.15, -0.1) is 6.58 Å². The fraction of sp³-hybridized carbons (Fsp3) is 0.632. The van der Waals surface area contributed by atoms with E-state index in [0.717, 1.165) is 12.8 Å². The van der Waals surface area contributed by atoms with Crippen LogP contribution in [0.5, 0.6) is 0 Å². The van der Waals surface area contributed by atoms with Crippen molar-refractivity contribution in [3.05, 3.63) is 37.0 Å². The van der Waals surface area contributed by atoms with Crippen molar-refractivity contribution in [1.29, 1.82) is 0 Å². The predicted molar refractivity (Wildman–Crippen MR) is 89.5 cm³/mol. The van der Waals surface area contributed by atoms with E-state index in [-0.39, 0.29) is 36.8 Å². The van der Waals surface area contributed by atoms with Gasteiger partial charge in [0.05, 0.1) is 18.3 Å². The first kappa shape index (κ1) is 17.4. The van der Waals surface area contributed by atoms with Gasteiger partial charge in [-0.3, -0.25) is 4.79 Å². The Balaban J connectivity index is 1.53. The molecule has 0 aliphatic carbocycles. The number of carbonyl (C=O) groups is 1. The van der Waals surface area contributed by atoms with E-state index in [1.807, 2.05) is 6.08 Å². The molecule has 5 heteroatoms. The van der Waals surface area contributed by atoms with Crippen LogP contribution in [-0.4, -0.2) is 46.7 Å². The third-order valence-corrected chi connectivity index (χ3v) is 5.12. The second kappa shape index (κ2) is 7.64. The van der Waals surface area contributed by atoms with Crippen LogP contribution in [0.3, 0.4) is 0 Å². The average Bonchev–Trinajstić information content (AvgIpc) is 3.16. The summed E-state index contributed by atoms with van der Waals surface area (Å²) in [7, 11) is 0. The topological polar surface area (TPSA) is 79.3 Å². The van der Waals surface area contributed by atoms with Crippen LogP contribution < -0.4 is 0 Å². The Morgan fingerprint density at radius 3 is 2.67 bits per heavy atom. The number of epoxide rings is 1. The summed E-state index contributed by atoms with van der Waals surface area (Å²) >= 11 is 0. The molecule has 0 aromatic rings. The number of aliphatic hydroxyl groups excluding tert-OH is 1. The molecule has 2 N–H and O–H groups in total. The third-order valence-electron chi connectivity index (χ3n) is 5.12. The number of unbranched alkanes of at least 4 members (excludes halogenated alkanes) is 1. The highest BCUT2D eigenvalue weighted by molar-refractivity contribution is 5.66. The van der Waals surface area contributed by atoms with Gasteiger partial charge in [-0.1, -0.05) is 30.4 Å². The van der Waals surface area contributed by atoms with E-state index in [1.165, 1.54) is 0 Å². The molecule has 132 valence electrons. The van der Waals surface area contributed by atoms with Crippen molar-refractivity contribution in [2.75, 3.05) is 0 Å². The van der Waals surface area contributed by atoms with Crippen molar-refractivity contribution < 1.29 is 24.5 Å². The number of hydrogen-bond acceptors (Lipinski definition) is 4. The van der Waals surface area contributed by atoms with Gasteiger partial charge in [0.2, 0.25) is 0 Å². The van der Waals surface area contributed by atoms with Crippen molar-refractivity contribution in [3.8, 4) is 0 Å². The summed E-state index contributed by atoms with van der Waals surface area (Å²) in [4.78, 5) is 10.5. The van der Waals surface area contributed by atoms with Gasteiger partial charge in [0.25, 0.3) is 0 Å². The molecule has 0 aromatic heterocycles. The highest BCUT2D eigenvalue weighted by Gasteiger charge is 2.68. The lowest BCUT2D eigenvalue weighted by Gasteiger charge is -2.22. The van der Waals surface area contributed by atoms with E-state index >= 15 is 0 Å². The number of carboxylic acids is 1. The van der Waals surface area contributed by atoms with E-state index in [4.69, 9.17) is 14.6 Å². The quantitative estimate of drug-likeness (QED) is 0.364. The number of aliphatic carboxylic acids is 1. The zero-order valence-electron chi connectivity index (χ0n) is 13.8. The van der Waals surface area contributed by atoms with Crippen molar-refractivity contribution in [2.24, 2.45) is 11.8 Å². The Labute approximate surface area is 142 Å². The Morgan fingerprint density at radius 1 is 1.17 bits per heavy atom. The molecule has 5 nitrogen and oxygen atoms in total. The maximum absolute atomic E-state index is 10.5. The number of fused-ring (bicyclic) bond motifs is 5. The normalized spacial score (nSPS) is 37.9. The largest absolute Gasteiger partial charge is 0.481 e. The first-order valence-electron chi connectivity index (χ1n) is 8.77. The summed E-state index contributed by atoms with van der Waals surface area (Å²) in [6.45, 7) is 3.64. The maximum atomic E-state index is 10.5. The minimum atomic E-state index is -0.745.